The molecule has 2 aromatic heterocycles. The van der Waals surface area contributed by atoms with E-state index in [0.717, 1.165) is 26.2 Å². The molecule has 0 radical (unpaired) electrons. The van der Waals surface area contributed by atoms with Crippen LogP contribution in [0.15, 0.2) is 73.1 Å². The normalized spacial score (nSPS) is 16.1. The number of hydrogen-bond donors (Lipinski definition) is 2. The van der Waals surface area contributed by atoms with Crippen LogP contribution in [0.4, 0.5) is 10.1 Å². The van der Waals surface area contributed by atoms with Gasteiger partial charge in [0, 0.05) is 28.2 Å². The van der Waals surface area contributed by atoms with Crippen LogP contribution < -0.4 is 14.8 Å². The Hall–Kier alpha value is -3.18. The van der Waals surface area contributed by atoms with Crippen molar-refractivity contribution in [3.63, 3.8) is 0 Å². The van der Waals surface area contributed by atoms with E-state index in [1.54, 1.807) is 12.1 Å². The SMILES string of the molecule is Cc1[nH]c2ccccc2c1C(c1ccc[nH+]c1)[NH+]1CCN(c2ccccc2F)CC1. The van der Waals surface area contributed by atoms with Gasteiger partial charge in [0.2, 0.25) is 0 Å². The first kappa shape index (κ1) is 18.8. The molecule has 5 rings (SSSR count). The molecule has 0 saturated carbocycles. The minimum absolute atomic E-state index is 0.136. The lowest BCUT2D eigenvalue weighted by atomic mass is 9.95. The molecule has 1 aliphatic heterocycles. The molecule has 1 atom stereocenters. The van der Waals surface area contributed by atoms with Crippen LogP contribution in [-0.2, 0) is 0 Å². The molecule has 4 nitrogen and oxygen atoms in total. The van der Waals surface area contributed by atoms with Crippen LogP contribution in [0.2, 0.25) is 0 Å². The third-order valence-electron chi connectivity index (χ3n) is 6.30. The molecule has 0 spiro atoms. The number of halogens is 1. The van der Waals surface area contributed by atoms with Crippen molar-refractivity contribution in [3.8, 4) is 0 Å². The second kappa shape index (κ2) is 7.92. The maximum Gasteiger partial charge on any atom is 0.176 e. The Kier molecular flexibility index (Phi) is 4.97. The fourth-order valence-electron chi connectivity index (χ4n) is 4.90. The Morgan fingerprint density at radius 1 is 1.00 bits per heavy atom. The van der Waals surface area contributed by atoms with Crippen LogP contribution in [0, 0.1) is 12.7 Å². The van der Waals surface area contributed by atoms with Gasteiger partial charge in [-0.2, -0.15) is 0 Å². The third kappa shape index (κ3) is 3.35. The summed E-state index contributed by atoms with van der Waals surface area (Å²) in [6.45, 7) is 5.75. The van der Waals surface area contributed by atoms with Crippen molar-refractivity contribution >= 4 is 16.6 Å². The van der Waals surface area contributed by atoms with Crippen LogP contribution in [0.5, 0.6) is 0 Å². The lowest BCUT2D eigenvalue weighted by molar-refractivity contribution is -0.926. The Morgan fingerprint density at radius 2 is 1.77 bits per heavy atom. The van der Waals surface area contributed by atoms with E-state index < -0.39 is 0 Å². The van der Waals surface area contributed by atoms with Crippen LogP contribution >= 0.6 is 0 Å². The summed E-state index contributed by atoms with van der Waals surface area (Å²) in [7, 11) is 0. The number of benzene rings is 2. The van der Waals surface area contributed by atoms with E-state index in [-0.39, 0.29) is 11.9 Å². The van der Waals surface area contributed by atoms with Crippen molar-refractivity contribution in [3.05, 3.63) is 95.7 Å². The fraction of sp³-hybridized carbons (Fsp3) is 0.240. The summed E-state index contributed by atoms with van der Waals surface area (Å²) in [6, 6.07) is 20.1. The predicted octanol–water partition coefficient (Wildman–Crippen LogP) is 2.92. The molecule has 3 N–H and O–H groups in total. The van der Waals surface area contributed by atoms with Crippen molar-refractivity contribution < 1.29 is 14.3 Å². The number of nitrogens with one attached hydrogen (secondary N) is 3. The molecule has 0 aliphatic carbocycles. The van der Waals surface area contributed by atoms with Gasteiger partial charge < -0.3 is 14.8 Å². The van der Waals surface area contributed by atoms with Crippen molar-refractivity contribution in [2.45, 2.75) is 13.0 Å². The second-order valence-corrected chi connectivity index (χ2v) is 8.08. The van der Waals surface area contributed by atoms with Gasteiger partial charge >= 0.3 is 0 Å². The highest BCUT2D eigenvalue weighted by Crippen LogP contribution is 2.30. The molecule has 30 heavy (non-hydrogen) atoms. The molecule has 2 aromatic carbocycles. The zero-order valence-electron chi connectivity index (χ0n) is 17.2. The third-order valence-corrected chi connectivity index (χ3v) is 6.30. The van der Waals surface area contributed by atoms with Gasteiger partial charge in [0.25, 0.3) is 0 Å². The van der Waals surface area contributed by atoms with E-state index in [4.69, 9.17) is 0 Å². The van der Waals surface area contributed by atoms with Crippen LogP contribution in [0.3, 0.4) is 0 Å². The molecule has 3 heterocycles. The lowest BCUT2D eigenvalue weighted by Crippen LogP contribution is -3.15. The van der Waals surface area contributed by atoms with Crippen molar-refractivity contribution in [1.29, 1.82) is 0 Å². The average molecular weight is 403 g/mol. The van der Waals surface area contributed by atoms with Gasteiger partial charge in [0.1, 0.15) is 11.9 Å². The predicted molar refractivity (Wildman–Crippen MR) is 117 cm³/mol. The highest BCUT2D eigenvalue weighted by atomic mass is 19.1. The summed E-state index contributed by atoms with van der Waals surface area (Å²) in [4.78, 5) is 10.5. The quantitative estimate of drug-likeness (QED) is 0.541. The summed E-state index contributed by atoms with van der Waals surface area (Å²) in [5, 5.41) is 1.29. The van der Waals surface area contributed by atoms with Gasteiger partial charge in [-0.05, 0) is 31.2 Å². The summed E-state index contributed by atoms with van der Waals surface area (Å²) >= 11 is 0. The van der Waals surface area contributed by atoms with Gasteiger partial charge in [-0.15, -0.1) is 0 Å². The number of H-pyrrole nitrogens is 2. The lowest BCUT2D eigenvalue weighted by Gasteiger charge is -2.37. The Balaban J connectivity index is 1.50. The molecular formula is C25H27FN4+2. The zero-order valence-corrected chi connectivity index (χ0v) is 17.2. The Morgan fingerprint density at radius 3 is 2.53 bits per heavy atom. The minimum atomic E-state index is -0.136. The van der Waals surface area contributed by atoms with E-state index >= 15 is 0 Å². The molecule has 0 amide bonds. The van der Waals surface area contributed by atoms with Gasteiger partial charge in [0.15, 0.2) is 12.4 Å². The number of aromatic amines is 2. The molecule has 1 fully saturated rings. The van der Waals surface area contributed by atoms with Crippen molar-refractivity contribution in [2.75, 3.05) is 31.1 Å². The number of quaternary nitrogens is 1. The number of nitrogens with zero attached hydrogens (tertiary/aromatic N) is 1. The number of fused-ring (bicyclic) bond motifs is 1. The van der Waals surface area contributed by atoms with Gasteiger partial charge in [-0.1, -0.05) is 30.3 Å². The standard InChI is InChI=1S/C25H25FN4/c1-18-24(20-8-2-4-10-22(20)28-18)25(19-7-6-12-27-17-19)30-15-13-29(14-16-30)23-11-5-3-9-21(23)26/h2-12,17,25,28H,13-16H2,1H3/p+2. The topological polar surface area (TPSA) is 37.6 Å². The number of aryl methyl sites for hydroxylation is 1. The average Bonchev–Trinajstić information content (AvgIpc) is 3.11. The Labute approximate surface area is 176 Å². The molecule has 152 valence electrons. The van der Waals surface area contributed by atoms with Gasteiger partial charge in [0.05, 0.1) is 37.4 Å². The number of hydrogen-bond acceptors (Lipinski definition) is 1. The number of pyridine rings is 1. The summed E-state index contributed by atoms with van der Waals surface area (Å²) < 4.78 is 14.3. The van der Waals surface area contributed by atoms with Crippen molar-refractivity contribution in [1.82, 2.24) is 4.98 Å². The van der Waals surface area contributed by atoms with Crippen LogP contribution in [0.1, 0.15) is 22.9 Å². The first-order valence-corrected chi connectivity index (χ1v) is 10.6. The zero-order chi connectivity index (χ0) is 20.5. The number of rotatable bonds is 4. The number of para-hydroxylation sites is 2. The summed E-state index contributed by atoms with van der Waals surface area (Å²) in [6.07, 6.45) is 4.07. The molecule has 1 saturated heterocycles. The van der Waals surface area contributed by atoms with E-state index in [9.17, 15) is 4.39 Å². The molecular weight excluding hydrogens is 375 g/mol. The van der Waals surface area contributed by atoms with Crippen LogP contribution in [-0.4, -0.2) is 31.2 Å². The monoisotopic (exact) mass is 402 g/mol. The molecule has 0 bridgehead atoms. The largest absolute Gasteiger partial charge is 0.358 e. The number of anilines is 1. The van der Waals surface area contributed by atoms with E-state index in [2.05, 4.69) is 64.4 Å². The molecule has 1 aliphatic rings. The second-order valence-electron chi connectivity index (χ2n) is 8.08. The summed E-state index contributed by atoms with van der Waals surface area (Å²) in [5.74, 6) is -0.136. The smallest absolute Gasteiger partial charge is 0.176 e. The van der Waals surface area contributed by atoms with E-state index in [0.29, 0.717) is 5.69 Å². The fourth-order valence-corrected chi connectivity index (χ4v) is 4.90. The minimum Gasteiger partial charge on any atom is -0.358 e. The highest BCUT2D eigenvalue weighted by molar-refractivity contribution is 5.85. The maximum absolute atomic E-state index is 14.3. The van der Waals surface area contributed by atoms with E-state index in [1.165, 1.54) is 32.6 Å². The van der Waals surface area contributed by atoms with Crippen molar-refractivity contribution in [2.24, 2.45) is 0 Å². The Bertz CT molecular complexity index is 1150. The molecule has 5 heteroatoms. The van der Waals surface area contributed by atoms with Gasteiger partial charge in [-0.25, -0.2) is 9.37 Å². The first-order valence-electron chi connectivity index (χ1n) is 10.6. The van der Waals surface area contributed by atoms with Gasteiger partial charge in [-0.3, -0.25) is 0 Å². The first-order chi connectivity index (χ1) is 14.7. The highest BCUT2D eigenvalue weighted by Gasteiger charge is 2.34. The maximum atomic E-state index is 14.3. The van der Waals surface area contributed by atoms with E-state index in [1.807, 2.05) is 18.3 Å². The molecule has 4 aromatic rings. The molecule has 1 unspecified atom stereocenters. The van der Waals surface area contributed by atoms with Crippen LogP contribution in [0.25, 0.3) is 10.9 Å². The number of piperazine rings is 1. The summed E-state index contributed by atoms with van der Waals surface area (Å²) in [5.41, 5.74) is 5.75. The number of aromatic nitrogens is 2.